The summed E-state index contributed by atoms with van der Waals surface area (Å²) >= 11 is 0. The minimum Gasteiger partial charge on any atom is -0.469 e. The molecule has 0 aliphatic carbocycles. The molecule has 29 heavy (non-hydrogen) atoms. The summed E-state index contributed by atoms with van der Waals surface area (Å²) in [4.78, 5) is 22.4. The predicted molar refractivity (Wildman–Crippen MR) is 109 cm³/mol. The van der Waals surface area contributed by atoms with E-state index in [0.29, 0.717) is 0 Å². The van der Waals surface area contributed by atoms with E-state index in [1.165, 1.54) is 21.3 Å². The summed E-state index contributed by atoms with van der Waals surface area (Å²) in [5, 5.41) is 9.79. The van der Waals surface area contributed by atoms with Crippen LogP contribution >= 0.6 is 0 Å². The van der Waals surface area contributed by atoms with Gasteiger partial charge in [0, 0.05) is 7.11 Å². The quantitative estimate of drug-likeness (QED) is 0.684. The van der Waals surface area contributed by atoms with Gasteiger partial charge in [-0.15, -0.1) is 0 Å². The highest BCUT2D eigenvalue weighted by Gasteiger charge is 2.26. The predicted octanol–water partition coefficient (Wildman–Crippen LogP) is 2.40. The number of rotatable bonds is 7. The van der Waals surface area contributed by atoms with Crippen molar-refractivity contribution in [2.24, 2.45) is 11.7 Å². The Morgan fingerprint density at radius 2 is 1.28 bits per heavy atom. The number of esters is 2. The average molecular weight is 403 g/mol. The number of hydrogen-bond donors (Lipinski definition) is 2. The zero-order valence-electron chi connectivity index (χ0n) is 17.1. The second-order valence-electron chi connectivity index (χ2n) is 6.28. The average Bonchev–Trinajstić information content (AvgIpc) is 2.79. The molecule has 0 saturated carbocycles. The molecule has 0 aliphatic heterocycles. The summed E-state index contributed by atoms with van der Waals surface area (Å²) in [5.41, 5.74) is 7.30. The van der Waals surface area contributed by atoms with Crippen molar-refractivity contribution in [3.63, 3.8) is 0 Å². The number of nitrogens with two attached hydrogens (primary N) is 1. The number of methoxy groups -OCH3 is 3. The molecule has 7 nitrogen and oxygen atoms in total. The van der Waals surface area contributed by atoms with Gasteiger partial charge in [0.15, 0.2) is 0 Å². The zero-order chi connectivity index (χ0) is 21.8. The summed E-state index contributed by atoms with van der Waals surface area (Å²) in [6.07, 6.45) is -1.28. The van der Waals surface area contributed by atoms with Gasteiger partial charge in [0.2, 0.25) is 0 Å². The molecule has 0 bridgehead atoms. The van der Waals surface area contributed by atoms with Gasteiger partial charge in [0.25, 0.3) is 0 Å². The van der Waals surface area contributed by atoms with Crippen LogP contribution in [0.1, 0.15) is 30.3 Å². The van der Waals surface area contributed by atoms with Gasteiger partial charge in [-0.25, -0.2) is 0 Å². The minimum absolute atomic E-state index is 0.402. The summed E-state index contributed by atoms with van der Waals surface area (Å²) in [6, 6.07) is 17.6. The first kappa shape index (κ1) is 24.3. The summed E-state index contributed by atoms with van der Waals surface area (Å²) in [5.74, 6) is -1.42. The summed E-state index contributed by atoms with van der Waals surface area (Å²) < 4.78 is 14.3. The van der Waals surface area contributed by atoms with Gasteiger partial charge in [-0.3, -0.25) is 9.59 Å². The lowest BCUT2D eigenvalue weighted by Gasteiger charge is -2.20. The van der Waals surface area contributed by atoms with Crippen molar-refractivity contribution in [3.8, 4) is 0 Å². The van der Waals surface area contributed by atoms with Crippen LogP contribution in [0.15, 0.2) is 60.7 Å². The SMILES string of the molecule is COC(=O)C(C)C(O)c1ccccc1.COC(=O)C(N)C(OC)c1ccccc1. The molecule has 0 aromatic heterocycles. The van der Waals surface area contributed by atoms with E-state index in [1.54, 1.807) is 19.1 Å². The van der Waals surface area contributed by atoms with Gasteiger partial charge < -0.3 is 25.1 Å². The van der Waals surface area contributed by atoms with Crippen LogP contribution in [-0.4, -0.2) is 44.4 Å². The van der Waals surface area contributed by atoms with E-state index in [4.69, 9.17) is 10.5 Å². The fraction of sp³-hybridized carbons (Fsp3) is 0.364. The Morgan fingerprint density at radius 3 is 1.69 bits per heavy atom. The summed E-state index contributed by atoms with van der Waals surface area (Å²) in [6.45, 7) is 1.64. The molecule has 0 saturated heterocycles. The number of ether oxygens (including phenoxy) is 3. The lowest BCUT2D eigenvalue weighted by molar-refractivity contribution is -0.149. The second-order valence-corrected chi connectivity index (χ2v) is 6.28. The van der Waals surface area contributed by atoms with Gasteiger partial charge in [-0.1, -0.05) is 60.7 Å². The molecule has 0 fully saturated rings. The van der Waals surface area contributed by atoms with Crippen LogP contribution in [0.4, 0.5) is 0 Å². The third kappa shape index (κ3) is 7.30. The molecule has 0 aliphatic rings. The third-order valence-electron chi connectivity index (χ3n) is 4.37. The fourth-order valence-corrected chi connectivity index (χ4v) is 2.65. The molecule has 0 amide bonds. The standard InChI is InChI=1S/C11H15NO3.C11H14O3/c1-14-10(9(12)11(13)15-2)8-6-4-3-5-7-8;1-8(11(13)14-2)10(12)9-6-4-3-5-7-9/h3-7,9-10H,12H2,1-2H3;3-8,10,12H,1-2H3. The van der Waals surface area contributed by atoms with Crippen molar-refractivity contribution in [1.82, 2.24) is 0 Å². The Kier molecular flexibility index (Phi) is 10.6. The first-order chi connectivity index (χ1) is 13.9. The maximum Gasteiger partial charge on any atom is 0.325 e. The molecule has 2 aromatic rings. The van der Waals surface area contributed by atoms with Gasteiger partial charge in [-0.05, 0) is 18.1 Å². The highest BCUT2D eigenvalue weighted by molar-refractivity contribution is 5.76. The van der Waals surface area contributed by atoms with E-state index >= 15 is 0 Å². The Hall–Kier alpha value is -2.74. The van der Waals surface area contributed by atoms with Crippen LogP contribution in [0.5, 0.6) is 0 Å². The lowest BCUT2D eigenvalue weighted by atomic mass is 9.98. The minimum atomic E-state index is -0.803. The highest BCUT2D eigenvalue weighted by atomic mass is 16.5. The molecule has 4 unspecified atom stereocenters. The number of hydrogen-bond acceptors (Lipinski definition) is 7. The number of aliphatic hydroxyl groups is 1. The van der Waals surface area contributed by atoms with E-state index in [9.17, 15) is 14.7 Å². The molecule has 2 rings (SSSR count). The molecular formula is C22H29NO6. The van der Waals surface area contributed by atoms with Crippen molar-refractivity contribution >= 4 is 11.9 Å². The Labute approximate surface area is 171 Å². The van der Waals surface area contributed by atoms with E-state index < -0.39 is 36.1 Å². The first-order valence-corrected chi connectivity index (χ1v) is 9.09. The van der Waals surface area contributed by atoms with Crippen molar-refractivity contribution < 1.29 is 28.9 Å². The maximum atomic E-state index is 11.3. The molecule has 7 heteroatoms. The Bertz CT molecular complexity index is 737. The first-order valence-electron chi connectivity index (χ1n) is 9.09. The fourth-order valence-electron chi connectivity index (χ4n) is 2.65. The van der Waals surface area contributed by atoms with Gasteiger partial charge >= 0.3 is 11.9 Å². The lowest BCUT2D eigenvalue weighted by Crippen LogP contribution is -2.38. The summed E-state index contributed by atoms with van der Waals surface area (Å²) in [7, 11) is 4.14. The van der Waals surface area contributed by atoms with Gasteiger partial charge in [0.1, 0.15) is 12.1 Å². The van der Waals surface area contributed by atoms with Crippen molar-refractivity contribution in [2.45, 2.75) is 25.2 Å². The molecule has 0 spiro atoms. The molecular weight excluding hydrogens is 374 g/mol. The van der Waals surface area contributed by atoms with Crippen LogP contribution in [0.2, 0.25) is 0 Å². The number of benzene rings is 2. The van der Waals surface area contributed by atoms with Crippen LogP contribution in [0.3, 0.4) is 0 Å². The van der Waals surface area contributed by atoms with Crippen LogP contribution < -0.4 is 5.73 Å². The molecule has 0 radical (unpaired) electrons. The monoisotopic (exact) mass is 403 g/mol. The van der Waals surface area contributed by atoms with Crippen molar-refractivity contribution in [3.05, 3.63) is 71.8 Å². The smallest absolute Gasteiger partial charge is 0.325 e. The molecule has 3 N–H and O–H groups in total. The van der Waals surface area contributed by atoms with E-state index in [-0.39, 0.29) is 0 Å². The van der Waals surface area contributed by atoms with Crippen LogP contribution in [0.25, 0.3) is 0 Å². The normalized spacial score (nSPS) is 14.4. The second kappa shape index (κ2) is 12.7. The van der Waals surface area contributed by atoms with Crippen molar-refractivity contribution in [2.75, 3.05) is 21.3 Å². The van der Waals surface area contributed by atoms with Gasteiger partial charge in [-0.2, -0.15) is 0 Å². The van der Waals surface area contributed by atoms with Crippen LogP contribution in [-0.2, 0) is 23.8 Å². The van der Waals surface area contributed by atoms with E-state index in [0.717, 1.165) is 11.1 Å². The van der Waals surface area contributed by atoms with Gasteiger partial charge in [0.05, 0.1) is 26.2 Å². The van der Waals surface area contributed by atoms with Crippen molar-refractivity contribution in [1.29, 1.82) is 0 Å². The zero-order valence-corrected chi connectivity index (χ0v) is 17.1. The largest absolute Gasteiger partial charge is 0.469 e. The Morgan fingerprint density at radius 1 is 0.828 bits per heavy atom. The van der Waals surface area contributed by atoms with Crippen LogP contribution in [0, 0.1) is 5.92 Å². The maximum absolute atomic E-state index is 11.3. The molecule has 2 aromatic carbocycles. The third-order valence-corrected chi connectivity index (χ3v) is 4.37. The van der Waals surface area contributed by atoms with E-state index in [2.05, 4.69) is 9.47 Å². The van der Waals surface area contributed by atoms with E-state index in [1.807, 2.05) is 48.5 Å². The molecule has 158 valence electrons. The molecule has 0 heterocycles. The Balaban J connectivity index is 0.000000291. The number of aliphatic hydroxyl groups excluding tert-OH is 1. The highest BCUT2D eigenvalue weighted by Crippen LogP contribution is 2.22. The molecule has 4 atom stereocenters. The number of carbonyl (C=O) groups is 2. The number of carbonyl (C=O) groups excluding carboxylic acids is 2. The topological polar surface area (TPSA) is 108 Å².